The van der Waals surface area contributed by atoms with Gasteiger partial charge in [-0.15, -0.1) is 11.3 Å². The van der Waals surface area contributed by atoms with Gasteiger partial charge >= 0.3 is 5.51 Å². The average Bonchev–Trinajstić information content (AvgIpc) is 3.48. The molecule has 0 aliphatic carbocycles. The molecule has 0 bridgehead atoms. The van der Waals surface area contributed by atoms with E-state index in [1.165, 1.54) is 17.6 Å². The van der Waals surface area contributed by atoms with Gasteiger partial charge in [-0.2, -0.15) is 13.2 Å². The number of carbonyl (C=O) groups is 1. The predicted molar refractivity (Wildman–Crippen MR) is 124 cm³/mol. The van der Waals surface area contributed by atoms with Gasteiger partial charge in [-0.1, -0.05) is 12.1 Å². The predicted octanol–water partition coefficient (Wildman–Crippen LogP) is 5.57. The van der Waals surface area contributed by atoms with Gasteiger partial charge in [-0.05, 0) is 37.7 Å². The summed E-state index contributed by atoms with van der Waals surface area (Å²) in [5.74, 6) is 0.155. The second kappa shape index (κ2) is 9.04. The quantitative estimate of drug-likeness (QED) is 0.343. The number of thiophene rings is 1. The van der Waals surface area contributed by atoms with Crippen molar-refractivity contribution in [3.8, 4) is 10.6 Å². The van der Waals surface area contributed by atoms with Gasteiger partial charge in [0.1, 0.15) is 24.2 Å². The van der Waals surface area contributed by atoms with Crippen LogP contribution in [0.15, 0.2) is 33.8 Å². The number of fused-ring (bicyclic) bond motifs is 1. The largest absolute Gasteiger partial charge is 0.446 e. The van der Waals surface area contributed by atoms with Crippen molar-refractivity contribution in [3.63, 3.8) is 0 Å². The first-order chi connectivity index (χ1) is 16.2. The summed E-state index contributed by atoms with van der Waals surface area (Å²) in [7, 11) is 1.86. The molecule has 6 nitrogen and oxygen atoms in total. The third-order valence-corrected chi connectivity index (χ3v) is 8.27. The Morgan fingerprint density at radius 3 is 2.85 bits per heavy atom. The van der Waals surface area contributed by atoms with E-state index in [0.717, 1.165) is 6.54 Å². The molecule has 12 heteroatoms. The molecule has 2 N–H and O–H groups in total. The zero-order valence-electron chi connectivity index (χ0n) is 18.1. The zero-order chi connectivity index (χ0) is 24.0. The molecule has 0 radical (unpaired) electrons. The van der Waals surface area contributed by atoms with Crippen LogP contribution in [0, 0.1) is 0 Å². The van der Waals surface area contributed by atoms with Gasteiger partial charge in [-0.3, -0.25) is 4.79 Å². The number of alkyl halides is 4. The lowest BCUT2D eigenvalue weighted by molar-refractivity contribution is -0.119. The minimum absolute atomic E-state index is 0.0339. The number of rotatable bonds is 5. The first-order valence-corrected chi connectivity index (χ1v) is 12.5. The van der Waals surface area contributed by atoms with Gasteiger partial charge in [0.05, 0.1) is 21.3 Å². The highest BCUT2D eigenvalue weighted by Gasteiger charge is 2.35. The lowest BCUT2D eigenvalue weighted by Crippen LogP contribution is -2.46. The molecule has 0 spiro atoms. The second-order valence-electron chi connectivity index (χ2n) is 8.54. The molecule has 4 heterocycles. The van der Waals surface area contributed by atoms with Gasteiger partial charge < -0.3 is 20.0 Å². The number of piperidine rings is 1. The summed E-state index contributed by atoms with van der Waals surface area (Å²) in [5.41, 5.74) is -3.63. The molecule has 2 aromatic heterocycles. The van der Waals surface area contributed by atoms with Gasteiger partial charge in [0.25, 0.3) is 0 Å². The second-order valence-corrected chi connectivity index (χ2v) is 10.6. The number of nitrogens with one attached hydrogen (secondary N) is 2. The first kappa shape index (κ1) is 23.4. The molecular formula is C22H22F4N4O2S2. The number of oxazole rings is 1. The highest BCUT2D eigenvalue weighted by Crippen LogP contribution is 2.51. The average molecular weight is 515 g/mol. The summed E-state index contributed by atoms with van der Waals surface area (Å²) < 4.78 is 61.3. The monoisotopic (exact) mass is 514 g/mol. The van der Waals surface area contributed by atoms with Crippen molar-refractivity contribution in [2.24, 2.45) is 0 Å². The molecule has 1 aromatic carbocycles. The number of nitrogens with zero attached hydrogens (tertiary/aromatic N) is 2. The van der Waals surface area contributed by atoms with Crippen molar-refractivity contribution in [2.75, 3.05) is 25.5 Å². The normalized spacial score (nSPS) is 24.0. The van der Waals surface area contributed by atoms with E-state index >= 15 is 0 Å². The van der Waals surface area contributed by atoms with E-state index in [4.69, 9.17) is 4.42 Å². The van der Waals surface area contributed by atoms with Crippen LogP contribution in [-0.2, 0) is 4.79 Å². The minimum atomic E-state index is -4.50. The summed E-state index contributed by atoms with van der Waals surface area (Å²) in [5, 5.41) is 6.41. The van der Waals surface area contributed by atoms with Crippen molar-refractivity contribution in [2.45, 2.75) is 47.9 Å². The van der Waals surface area contributed by atoms with Crippen molar-refractivity contribution < 1.29 is 26.8 Å². The number of carbonyl (C=O) groups excluding carboxylic acids is 1. The van der Waals surface area contributed by atoms with Crippen LogP contribution in [0.3, 0.4) is 0 Å². The number of benzene rings is 1. The molecule has 5 rings (SSSR count). The molecule has 3 aromatic rings. The molecule has 3 atom stereocenters. The Bertz CT molecular complexity index is 1210. The van der Waals surface area contributed by atoms with E-state index in [1.807, 2.05) is 11.9 Å². The van der Waals surface area contributed by atoms with E-state index in [9.17, 15) is 22.4 Å². The molecular weight excluding hydrogens is 492 g/mol. The fourth-order valence-corrected chi connectivity index (χ4v) is 6.51. The van der Waals surface area contributed by atoms with Crippen LogP contribution in [0.2, 0.25) is 0 Å². The summed E-state index contributed by atoms with van der Waals surface area (Å²) in [4.78, 5) is 18.2. The number of likely N-dealkylation sites (tertiary alicyclic amines) is 1. The zero-order valence-corrected chi connectivity index (χ0v) is 19.7. The van der Waals surface area contributed by atoms with Crippen molar-refractivity contribution in [3.05, 3.63) is 30.4 Å². The molecule has 182 valence electrons. The smallest absolute Gasteiger partial charge is 0.446 e. The minimum Gasteiger partial charge on any atom is -0.446 e. The maximum absolute atomic E-state index is 14.6. The molecule has 0 saturated carbocycles. The van der Waals surface area contributed by atoms with Crippen molar-refractivity contribution >= 4 is 44.8 Å². The van der Waals surface area contributed by atoms with Crippen LogP contribution in [-0.4, -0.2) is 53.7 Å². The third kappa shape index (κ3) is 4.76. The highest BCUT2D eigenvalue weighted by atomic mass is 32.2. The third-order valence-electron chi connectivity index (χ3n) is 6.02. The highest BCUT2D eigenvalue weighted by molar-refractivity contribution is 8.00. The molecule has 1 amide bonds. The van der Waals surface area contributed by atoms with Gasteiger partial charge in [0, 0.05) is 29.8 Å². The summed E-state index contributed by atoms with van der Waals surface area (Å²) in [6.45, 7) is 1.04. The molecule has 2 fully saturated rings. The van der Waals surface area contributed by atoms with Gasteiger partial charge in [0.2, 0.25) is 11.8 Å². The summed E-state index contributed by atoms with van der Waals surface area (Å²) in [6, 6.07) is 4.26. The van der Waals surface area contributed by atoms with Crippen molar-refractivity contribution in [1.82, 2.24) is 15.2 Å². The van der Waals surface area contributed by atoms with Crippen LogP contribution in [0.4, 0.5) is 23.2 Å². The lowest BCUT2D eigenvalue weighted by Gasteiger charge is -2.33. The molecule has 34 heavy (non-hydrogen) atoms. The van der Waals surface area contributed by atoms with E-state index in [1.54, 1.807) is 18.2 Å². The van der Waals surface area contributed by atoms with E-state index < -0.39 is 23.8 Å². The first-order valence-electron chi connectivity index (χ1n) is 10.8. The fourth-order valence-electron chi connectivity index (χ4n) is 4.37. The van der Waals surface area contributed by atoms with Gasteiger partial charge in [-0.25, -0.2) is 9.37 Å². The SMILES string of the molecule is CN1CCC(Nc2cccc3c(SC(F)(F)F)c(-c4coc(C5CCC(=O)N5)n4)sc23)C(F)C1. The lowest BCUT2D eigenvalue weighted by atomic mass is 10.0. The van der Waals surface area contributed by atoms with Gasteiger partial charge in [0.15, 0.2) is 0 Å². The standard InChI is InChI=1S/C22H22F4N4O2S2/c1-30-8-7-13(12(23)9-30)27-14-4-2-3-11-18(14)33-20(19(11)34-22(24,25)26)16-10-32-21(29-16)15-5-6-17(31)28-15/h2-4,10,12-13,15,27H,5-9H2,1H3,(H,28,31). The number of aromatic nitrogens is 1. The number of amides is 1. The van der Waals surface area contributed by atoms with Crippen LogP contribution in [0.5, 0.6) is 0 Å². The van der Waals surface area contributed by atoms with Crippen molar-refractivity contribution in [1.29, 1.82) is 0 Å². The Hall–Kier alpha value is -2.31. The maximum Gasteiger partial charge on any atom is 0.446 e. The van der Waals surface area contributed by atoms with Crippen LogP contribution in [0.1, 0.15) is 31.2 Å². The van der Waals surface area contributed by atoms with E-state index in [0.29, 0.717) is 46.5 Å². The fraction of sp³-hybridized carbons (Fsp3) is 0.455. The number of hydrogen-bond donors (Lipinski definition) is 2. The number of thioether (sulfide) groups is 1. The maximum atomic E-state index is 14.6. The van der Waals surface area contributed by atoms with E-state index in [2.05, 4.69) is 15.6 Å². The summed E-state index contributed by atoms with van der Waals surface area (Å²) >= 11 is 0.971. The van der Waals surface area contributed by atoms with Crippen LogP contribution in [0.25, 0.3) is 20.7 Å². The number of anilines is 1. The molecule has 3 unspecified atom stereocenters. The van der Waals surface area contributed by atoms with Crippen LogP contribution >= 0.6 is 23.1 Å². The molecule has 2 saturated heterocycles. The Labute approximate surface area is 201 Å². The Balaban J connectivity index is 1.53. The molecule has 2 aliphatic rings. The number of halogens is 4. The topological polar surface area (TPSA) is 70.4 Å². The van der Waals surface area contributed by atoms with Crippen LogP contribution < -0.4 is 10.6 Å². The van der Waals surface area contributed by atoms with E-state index in [-0.39, 0.29) is 34.1 Å². The number of hydrogen-bond acceptors (Lipinski definition) is 7. The Kier molecular flexibility index (Phi) is 6.23. The Morgan fingerprint density at radius 1 is 1.32 bits per heavy atom. The molecule has 2 aliphatic heterocycles. The Morgan fingerprint density at radius 2 is 2.15 bits per heavy atom. The summed E-state index contributed by atoms with van der Waals surface area (Å²) in [6.07, 6.45) is 1.70.